The van der Waals surface area contributed by atoms with Crippen LogP contribution >= 0.6 is 11.6 Å². The monoisotopic (exact) mass is 396 g/mol. The number of rotatable bonds is 7. The fraction of sp³-hybridized carbons (Fsp3) is 0.190. The number of benzene rings is 2. The minimum absolute atomic E-state index is 0.226. The Kier molecular flexibility index (Phi) is 6.45. The van der Waals surface area contributed by atoms with Crippen LogP contribution in [0.2, 0.25) is 5.02 Å². The summed E-state index contributed by atoms with van der Waals surface area (Å²) in [6.45, 7) is 2.62. The maximum atomic E-state index is 12.4. The quantitative estimate of drug-likeness (QED) is 0.620. The zero-order valence-electron chi connectivity index (χ0n) is 15.7. The molecule has 0 bridgehead atoms. The van der Waals surface area contributed by atoms with E-state index in [4.69, 9.17) is 16.3 Å². The van der Waals surface area contributed by atoms with E-state index in [0.29, 0.717) is 23.8 Å². The second kappa shape index (κ2) is 9.19. The molecule has 1 amide bonds. The van der Waals surface area contributed by atoms with Gasteiger partial charge in [0.1, 0.15) is 11.6 Å². The number of hydrogen-bond acceptors (Lipinski definition) is 5. The smallest absolute Gasteiger partial charge is 0.276 e. The number of methoxy groups -OCH3 is 1. The van der Waals surface area contributed by atoms with Crippen molar-refractivity contribution in [3.8, 4) is 5.75 Å². The van der Waals surface area contributed by atoms with Crippen molar-refractivity contribution in [2.75, 3.05) is 24.3 Å². The standard InChI is InChI=1S/C21H21ClN4O2/c1-14-6-8-19(28-2)18(12-14)24-21(27)17-7-9-20(26-25-17)23-11-10-15-4-3-5-16(22)13-15/h3-9,12-13H,10-11H2,1-2H3,(H,23,26)(H,24,27). The summed E-state index contributed by atoms with van der Waals surface area (Å²) in [4.78, 5) is 12.4. The summed E-state index contributed by atoms with van der Waals surface area (Å²) in [6, 6.07) is 16.7. The lowest BCUT2D eigenvalue weighted by Gasteiger charge is -2.11. The molecular weight excluding hydrogens is 376 g/mol. The molecule has 1 aromatic heterocycles. The number of anilines is 2. The summed E-state index contributed by atoms with van der Waals surface area (Å²) >= 11 is 5.99. The third kappa shape index (κ3) is 5.20. The molecule has 1 heterocycles. The number of nitrogens with one attached hydrogen (secondary N) is 2. The molecular formula is C21H21ClN4O2. The van der Waals surface area contributed by atoms with E-state index in [-0.39, 0.29) is 11.6 Å². The summed E-state index contributed by atoms with van der Waals surface area (Å²) in [5, 5.41) is 14.8. The van der Waals surface area contributed by atoms with Gasteiger partial charge in [-0.05, 0) is 60.9 Å². The average molecular weight is 397 g/mol. The van der Waals surface area contributed by atoms with Crippen LogP contribution in [0.25, 0.3) is 0 Å². The predicted octanol–water partition coefficient (Wildman–Crippen LogP) is 4.35. The lowest BCUT2D eigenvalue weighted by molar-refractivity contribution is 0.102. The van der Waals surface area contributed by atoms with Gasteiger partial charge in [-0.3, -0.25) is 4.79 Å². The third-order valence-electron chi connectivity index (χ3n) is 4.11. The lowest BCUT2D eigenvalue weighted by atomic mass is 10.1. The number of nitrogens with zero attached hydrogens (tertiary/aromatic N) is 2. The molecule has 6 nitrogen and oxygen atoms in total. The summed E-state index contributed by atoms with van der Waals surface area (Å²) in [7, 11) is 1.56. The van der Waals surface area contributed by atoms with E-state index in [0.717, 1.165) is 22.6 Å². The second-order valence-corrected chi connectivity index (χ2v) is 6.70. The highest BCUT2D eigenvalue weighted by Crippen LogP contribution is 2.25. The number of ether oxygens (including phenoxy) is 1. The number of amides is 1. The van der Waals surface area contributed by atoms with Crippen LogP contribution in [-0.4, -0.2) is 29.8 Å². The van der Waals surface area contributed by atoms with Crippen molar-refractivity contribution in [1.29, 1.82) is 0 Å². The first-order valence-electron chi connectivity index (χ1n) is 8.83. The molecule has 2 N–H and O–H groups in total. The highest BCUT2D eigenvalue weighted by molar-refractivity contribution is 6.30. The first kappa shape index (κ1) is 19.6. The molecule has 0 aliphatic carbocycles. The fourth-order valence-corrected chi connectivity index (χ4v) is 2.89. The molecule has 3 aromatic rings. The van der Waals surface area contributed by atoms with E-state index in [1.54, 1.807) is 19.2 Å². The Hall–Kier alpha value is -3.12. The maximum absolute atomic E-state index is 12.4. The zero-order valence-corrected chi connectivity index (χ0v) is 16.5. The van der Waals surface area contributed by atoms with Crippen LogP contribution in [0.1, 0.15) is 21.6 Å². The SMILES string of the molecule is COc1ccc(C)cc1NC(=O)c1ccc(NCCc2cccc(Cl)c2)nn1. The van der Waals surface area contributed by atoms with Gasteiger partial charge in [0.05, 0.1) is 12.8 Å². The van der Waals surface area contributed by atoms with Gasteiger partial charge in [-0.25, -0.2) is 0 Å². The van der Waals surface area contributed by atoms with Crippen molar-refractivity contribution < 1.29 is 9.53 Å². The van der Waals surface area contributed by atoms with Gasteiger partial charge < -0.3 is 15.4 Å². The molecule has 0 saturated heterocycles. The van der Waals surface area contributed by atoms with Gasteiger partial charge >= 0.3 is 0 Å². The van der Waals surface area contributed by atoms with Crippen molar-refractivity contribution >= 4 is 29.0 Å². The third-order valence-corrected chi connectivity index (χ3v) is 4.34. The second-order valence-electron chi connectivity index (χ2n) is 6.27. The minimum atomic E-state index is -0.345. The van der Waals surface area contributed by atoms with Gasteiger partial charge in [-0.1, -0.05) is 29.8 Å². The first-order valence-corrected chi connectivity index (χ1v) is 9.21. The van der Waals surface area contributed by atoms with Crippen molar-refractivity contribution in [1.82, 2.24) is 10.2 Å². The van der Waals surface area contributed by atoms with E-state index in [2.05, 4.69) is 20.8 Å². The van der Waals surface area contributed by atoms with Gasteiger partial charge in [-0.15, -0.1) is 10.2 Å². The number of carbonyl (C=O) groups is 1. The van der Waals surface area contributed by atoms with Crippen LogP contribution in [0.5, 0.6) is 5.75 Å². The Bertz CT molecular complexity index is 961. The van der Waals surface area contributed by atoms with Crippen molar-refractivity contribution in [2.24, 2.45) is 0 Å². The predicted molar refractivity (Wildman–Crippen MR) is 111 cm³/mol. The van der Waals surface area contributed by atoms with Crippen LogP contribution in [0.4, 0.5) is 11.5 Å². The Balaban J connectivity index is 1.58. The molecule has 2 aromatic carbocycles. The molecule has 7 heteroatoms. The number of hydrogen-bond donors (Lipinski definition) is 2. The molecule has 0 unspecified atom stereocenters. The van der Waals surface area contributed by atoms with E-state index in [1.807, 2.05) is 49.4 Å². The van der Waals surface area contributed by atoms with Crippen LogP contribution in [-0.2, 0) is 6.42 Å². The highest BCUT2D eigenvalue weighted by Gasteiger charge is 2.12. The zero-order chi connectivity index (χ0) is 19.9. The summed E-state index contributed by atoms with van der Waals surface area (Å²) in [6.07, 6.45) is 0.803. The lowest BCUT2D eigenvalue weighted by Crippen LogP contribution is -2.16. The van der Waals surface area contributed by atoms with E-state index in [1.165, 1.54) is 0 Å². The van der Waals surface area contributed by atoms with Crippen LogP contribution in [0.15, 0.2) is 54.6 Å². The molecule has 144 valence electrons. The Morgan fingerprint density at radius 1 is 1.11 bits per heavy atom. The Morgan fingerprint density at radius 2 is 1.96 bits per heavy atom. The fourth-order valence-electron chi connectivity index (χ4n) is 2.68. The topological polar surface area (TPSA) is 76.1 Å². The molecule has 3 rings (SSSR count). The first-order chi connectivity index (χ1) is 13.5. The maximum Gasteiger partial charge on any atom is 0.276 e. The van der Waals surface area contributed by atoms with Crippen LogP contribution in [0, 0.1) is 6.92 Å². The molecule has 0 aliphatic heterocycles. The van der Waals surface area contributed by atoms with Crippen molar-refractivity contribution in [2.45, 2.75) is 13.3 Å². The van der Waals surface area contributed by atoms with E-state index in [9.17, 15) is 4.79 Å². The molecule has 28 heavy (non-hydrogen) atoms. The molecule has 0 aliphatic rings. The van der Waals surface area contributed by atoms with Gasteiger partial charge in [-0.2, -0.15) is 0 Å². The van der Waals surface area contributed by atoms with Crippen molar-refractivity contribution in [3.05, 3.63) is 76.4 Å². The Morgan fingerprint density at radius 3 is 2.68 bits per heavy atom. The number of carbonyl (C=O) groups excluding carboxylic acids is 1. The number of halogens is 1. The number of aromatic nitrogens is 2. The minimum Gasteiger partial charge on any atom is -0.495 e. The van der Waals surface area contributed by atoms with Gasteiger partial charge in [0.25, 0.3) is 5.91 Å². The van der Waals surface area contributed by atoms with Gasteiger partial charge in [0.2, 0.25) is 0 Å². The highest BCUT2D eigenvalue weighted by atomic mass is 35.5. The largest absolute Gasteiger partial charge is 0.495 e. The molecule has 0 spiro atoms. The summed E-state index contributed by atoms with van der Waals surface area (Å²) in [5.41, 5.74) is 2.97. The summed E-state index contributed by atoms with van der Waals surface area (Å²) < 4.78 is 5.28. The molecule has 0 radical (unpaired) electrons. The molecule has 0 atom stereocenters. The summed E-state index contributed by atoms with van der Waals surface area (Å²) in [5.74, 6) is 0.847. The van der Waals surface area contributed by atoms with Gasteiger partial charge in [0.15, 0.2) is 5.69 Å². The average Bonchev–Trinajstić information content (AvgIpc) is 2.69. The number of aryl methyl sites for hydroxylation is 1. The molecule has 0 saturated carbocycles. The normalized spacial score (nSPS) is 10.4. The van der Waals surface area contributed by atoms with E-state index >= 15 is 0 Å². The van der Waals surface area contributed by atoms with Crippen LogP contribution < -0.4 is 15.4 Å². The van der Waals surface area contributed by atoms with Crippen LogP contribution in [0.3, 0.4) is 0 Å². The van der Waals surface area contributed by atoms with Crippen molar-refractivity contribution in [3.63, 3.8) is 0 Å². The molecule has 0 fully saturated rings. The van der Waals surface area contributed by atoms with E-state index < -0.39 is 0 Å². The van der Waals surface area contributed by atoms with Gasteiger partial charge in [0, 0.05) is 11.6 Å². The Labute approximate surface area is 168 Å².